The Morgan fingerprint density at radius 1 is 1.05 bits per heavy atom. The van der Waals surface area contributed by atoms with Crippen molar-refractivity contribution < 1.29 is 4.74 Å². The largest absolute Gasteiger partial charge is 0.491 e. The first kappa shape index (κ1) is 11.6. The van der Waals surface area contributed by atoms with E-state index in [1.807, 2.05) is 44.3 Å². The maximum atomic E-state index is 5.62. The normalized spacial score (nSPS) is 11.1. The van der Waals surface area contributed by atoms with Crippen molar-refractivity contribution in [3.63, 3.8) is 0 Å². The molecule has 0 aliphatic rings. The fourth-order valence-electron chi connectivity index (χ4n) is 1.87. The summed E-state index contributed by atoms with van der Waals surface area (Å²) >= 11 is 0. The van der Waals surface area contributed by atoms with E-state index in [0.29, 0.717) is 5.78 Å². The van der Waals surface area contributed by atoms with Gasteiger partial charge in [-0.1, -0.05) is 12.1 Å². The van der Waals surface area contributed by atoms with Gasteiger partial charge in [-0.2, -0.15) is 10.1 Å². The molecule has 5 nitrogen and oxygen atoms in total. The minimum Gasteiger partial charge on any atom is -0.491 e. The fourth-order valence-corrected chi connectivity index (χ4v) is 1.87. The second kappa shape index (κ2) is 4.68. The molecule has 1 aromatic carbocycles. The summed E-state index contributed by atoms with van der Waals surface area (Å²) in [6, 6.07) is 7.94. The van der Waals surface area contributed by atoms with Crippen molar-refractivity contribution in [1.82, 2.24) is 19.6 Å². The summed E-state index contributed by atoms with van der Waals surface area (Å²) in [5.74, 6) is 1.47. The molecule has 5 heteroatoms. The number of nitrogens with zero attached hydrogens (tertiary/aromatic N) is 4. The van der Waals surface area contributed by atoms with Crippen molar-refractivity contribution >= 4 is 5.78 Å². The number of ether oxygens (including phenoxy) is 1. The van der Waals surface area contributed by atoms with Crippen LogP contribution in [0.5, 0.6) is 5.75 Å². The fraction of sp³-hybridized carbons (Fsp3) is 0.214. The lowest BCUT2D eigenvalue weighted by atomic mass is 10.1. The standard InChI is InChI=1S/C14H14N4O/c1-10(2)19-13-5-3-11(4-6-13)12-7-15-14-16-9-17-18(14)8-12/h3-10H,1-2H3. The lowest BCUT2D eigenvalue weighted by Gasteiger charge is -2.10. The summed E-state index contributed by atoms with van der Waals surface area (Å²) in [7, 11) is 0. The van der Waals surface area contributed by atoms with Crippen LogP contribution in [-0.4, -0.2) is 25.7 Å². The number of fused-ring (bicyclic) bond motifs is 1. The molecule has 0 fully saturated rings. The molecule has 0 aliphatic carbocycles. The molecule has 0 unspecified atom stereocenters. The molecule has 19 heavy (non-hydrogen) atoms. The quantitative estimate of drug-likeness (QED) is 0.721. The Hall–Kier alpha value is -2.43. The number of benzene rings is 1. The van der Waals surface area contributed by atoms with Gasteiger partial charge in [-0.15, -0.1) is 0 Å². The van der Waals surface area contributed by atoms with Crippen LogP contribution in [0.4, 0.5) is 0 Å². The van der Waals surface area contributed by atoms with E-state index >= 15 is 0 Å². The molecule has 0 aliphatic heterocycles. The van der Waals surface area contributed by atoms with E-state index in [1.54, 1.807) is 10.7 Å². The molecule has 3 aromatic rings. The van der Waals surface area contributed by atoms with Gasteiger partial charge >= 0.3 is 0 Å². The van der Waals surface area contributed by atoms with Gasteiger partial charge in [0.2, 0.25) is 0 Å². The Balaban J connectivity index is 1.92. The molecule has 0 saturated carbocycles. The summed E-state index contributed by atoms with van der Waals surface area (Å²) in [5, 5.41) is 4.08. The minimum absolute atomic E-state index is 0.180. The van der Waals surface area contributed by atoms with E-state index in [2.05, 4.69) is 15.1 Å². The van der Waals surface area contributed by atoms with Crippen molar-refractivity contribution in [1.29, 1.82) is 0 Å². The van der Waals surface area contributed by atoms with Gasteiger partial charge in [0.1, 0.15) is 12.1 Å². The summed E-state index contributed by atoms with van der Waals surface area (Å²) in [4.78, 5) is 8.27. The Morgan fingerprint density at radius 2 is 1.84 bits per heavy atom. The zero-order valence-electron chi connectivity index (χ0n) is 10.8. The van der Waals surface area contributed by atoms with Gasteiger partial charge < -0.3 is 4.74 Å². The predicted octanol–water partition coefficient (Wildman–Crippen LogP) is 2.58. The average molecular weight is 254 g/mol. The molecule has 0 radical (unpaired) electrons. The number of rotatable bonds is 3. The number of hydrogen-bond acceptors (Lipinski definition) is 4. The van der Waals surface area contributed by atoms with Crippen molar-refractivity contribution in [2.75, 3.05) is 0 Å². The van der Waals surface area contributed by atoms with Gasteiger partial charge in [0.25, 0.3) is 5.78 Å². The van der Waals surface area contributed by atoms with Crippen LogP contribution in [0.25, 0.3) is 16.9 Å². The van der Waals surface area contributed by atoms with Crippen LogP contribution >= 0.6 is 0 Å². The van der Waals surface area contributed by atoms with Gasteiger partial charge in [-0.05, 0) is 31.5 Å². The molecule has 2 heterocycles. The zero-order chi connectivity index (χ0) is 13.2. The van der Waals surface area contributed by atoms with Crippen molar-refractivity contribution in [2.24, 2.45) is 0 Å². The highest BCUT2D eigenvalue weighted by atomic mass is 16.5. The topological polar surface area (TPSA) is 52.3 Å². The maximum Gasteiger partial charge on any atom is 0.252 e. The highest BCUT2D eigenvalue weighted by Gasteiger charge is 2.03. The van der Waals surface area contributed by atoms with E-state index < -0.39 is 0 Å². The van der Waals surface area contributed by atoms with Gasteiger partial charge in [0.15, 0.2) is 0 Å². The van der Waals surface area contributed by atoms with Gasteiger partial charge in [0.05, 0.1) is 6.10 Å². The predicted molar refractivity (Wildman–Crippen MR) is 72.0 cm³/mol. The van der Waals surface area contributed by atoms with E-state index in [4.69, 9.17) is 4.74 Å². The molecule has 0 spiro atoms. The third kappa shape index (κ3) is 2.40. The van der Waals surface area contributed by atoms with E-state index in [0.717, 1.165) is 16.9 Å². The Kier molecular flexibility index (Phi) is 2.87. The van der Waals surface area contributed by atoms with E-state index in [9.17, 15) is 0 Å². The van der Waals surface area contributed by atoms with Crippen LogP contribution in [0.1, 0.15) is 13.8 Å². The molecule has 0 atom stereocenters. The Labute approximate surface area is 110 Å². The summed E-state index contributed by atoms with van der Waals surface area (Å²) in [6.45, 7) is 4.02. The van der Waals surface area contributed by atoms with Crippen LogP contribution in [0.3, 0.4) is 0 Å². The Morgan fingerprint density at radius 3 is 2.58 bits per heavy atom. The van der Waals surface area contributed by atoms with E-state index in [-0.39, 0.29) is 6.10 Å². The maximum absolute atomic E-state index is 5.62. The van der Waals surface area contributed by atoms with Crippen molar-refractivity contribution in [3.05, 3.63) is 43.0 Å². The van der Waals surface area contributed by atoms with Crippen molar-refractivity contribution in [2.45, 2.75) is 20.0 Å². The smallest absolute Gasteiger partial charge is 0.252 e. The molecule has 3 rings (SSSR count). The first-order valence-electron chi connectivity index (χ1n) is 6.15. The molecule has 0 amide bonds. The second-order valence-corrected chi connectivity index (χ2v) is 4.54. The monoisotopic (exact) mass is 254 g/mol. The summed E-state index contributed by atoms with van der Waals surface area (Å²) in [6.07, 6.45) is 5.38. The molecule has 0 N–H and O–H groups in total. The molecule has 0 saturated heterocycles. The highest BCUT2D eigenvalue weighted by molar-refractivity contribution is 5.63. The van der Waals surface area contributed by atoms with Crippen LogP contribution in [0, 0.1) is 0 Å². The third-order valence-electron chi connectivity index (χ3n) is 2.69. The molecular formula is C14H14N4O. The first-order chi connectivity index (χ1) is 9.22. The SMILES string of the molecule is CC(C)Oc1ccc(-c2cnc3ncnn3c2)cc1. The molecule has 2 aromatic heterocycles. The van der Waals surface area contributed by atoms with Gasteiger partial charge in [-0.3, -0.25) is 0 Å². The van der Waals surface area contributed by atoms with Crippen LogP contribution in [-0.2, 0) is 0 Å². The summed E-state index contributed by atoms with van der Waals surface area (Å²) < 4.78 is 7.28. The highest BCUT2D eigenvalue weighted by Crippen LogP contribution is 2.22. The average Bonchev–Trinajstić information content (AvgIpc) is 2.86. The van der Waals surface area contributed by atoms with Gasteiger partial charge in [-0.25, -0.2) is 9.50 Å². The van der Waals surface area contributed by atoms with Gasteiger partial charge in [0, 0.05) is 18.0 Å². The third-order valence-corrected chi connectivity index (χ3v) is 2.69. The number of aromatic nitrogens is 4. The Bertz CT molecular complexity index is 688. The zero-order valence-corrected chi connectivity index (χ0v) is 10.8. The second-order valence-electron chi connectivity index (χ2n) is 4.54. The van der Waals surface area contributed by atoms with Crippen molar-refractivity contribution in [3.8, 4) is 16.9 Å². The first-order valence-corrected chi connectivity index (χ1v) is 6.15. The van der Waals surface area contributed by atoms with Crippen LogP contribution < -0.4 is 4.74 Å². The van der Waals surface area contributed by atoms with E-state index in [1.165, 1.54) is 6.33 Å². The molecular weight excluding hydrogens is 240 g/mol. The van der Waals surface area contributed by atoms with Crippen LogP contribution in [0.2, 0.25) is 0 Å². The number of hydrogen-bond donors (Lipinski definition) is 0. The minimum atomic E-state index is 0.180. The lowest BCUT2D eigenvalue weighted by Crippen LogP contribution is -2.05. The summed E-state index contributed by atoms with van der Waals surface area (Å²) in [5.41, 5.74) is 2.06. The van der Waals surface area contributed by atoms with Crippen LogP contribution in [0.15, 0.2) is 43.0 Å². The lowest BCUT2D eigenvalue weighted by molar-refractivity contribution is 0.242. The molecule has 96 valence electrons. The molecule has 0 bridgehead atoms.